The van der Waals surface area contributed by atoms with E-state index < -0.39 is 29.4 Å². The number of hydrogen-bond donors (Lipinski definition) is 1. The number of aromatic carboxylic acids is 1. The van der Waals surface area contributed by atoms with E-state index in [0.717, 1.165) is 0 Å². The third kappa shape index (κ3) is 8.16. The fraction of sp³-hybridized carbons (Fsp3) is 0.190. The van der Waals surface area contributed by atoms with E-state index in [4.69, 9.17) is 5.11 Å². The summed E-state index contributed by atoms with van der Waals surface area (Å²) in [4.78, 5) is 19.2. The molecular weight excluding hydrogens is 635 g/mol. The number of hydrogen-bond acceptors (Lipinski definition) is 4. The Balaban J connectivity index is 0.000000458. The molecule has 0 amide bonds. The third-order valence-electron chi connectivity index (χ3n) is 3.92. The smallest absolute Gasteiger partial charge is 0.399 e. The first-order chi connectivity index (χ1) is 14.8. The summed E-state index contributed by atoms with van der Waals surface area (Å²) >= 11 is 0. The van der Waals surface area contributed by atoms with Crippen molar-refractivity contribution < 1.29 is 57.3 Å². The summed E-state index contributed by atoms with van der Waals surface area (Å²) in [6, 6.07) is 10.4. The van der Waals surface area contributed by atoms with Gasteiger partial charge in [0, 0.05) is 53.2 Å². The SMILES string of the molecule is CN(C)c1ccnc(-c2[c-]c(C(F)(F)F)cc(C(F)(F)F)c2)c1.O=C(O)c1ccccn1.[Pt]. The molecule has 180 valence electrons. The van der Waals surface area contributed by atoms with Crippen molar-refractivity contribution in [3.05, 3.63) is 77.7 Å². The number of halogens is 6. The first kappa shape index (κ1) is 28.1. The molecule has 0 aliphatic rings. The molecule has 2 heterocycles. The molecule has 1 aromatic carbocycles. The van der Waals surface area contributed by atoms with E-state index in [9.17, 15) is 31.1 Å². The summed E-state index contributed by atoms with van der Waals surface area (Å²) in [6.07, 6.45) is -7.08. The molecule has 5 nitrogen and oxygen atoms in total. The molecule has 12 heteroatoms. The van der Waals surface area contributed by atoms with Crippen molar-refractivity contribution in [3.8, 4) is 11.3 Å². The Morgan fingerprint density at radius 1 is 0.939 bits per heavy atom. The third-order valence-corrected chi connectivity index (χ3v) is 3.92. The number of alkyl halides is 6. The van der Waals surface area contributed by atoms with Gasteiger partial charge in [0.1, 0.15) is 5.69 Å². The molecular formula is C21H16F6N3O2Pt-. The molecule has 33 heavy (non-hydrogen) atoms. The maximum absolute atomic E-state index is 12.8. The minimum atomic E-state index is -4.94. The number of benzene rings is 1. The van der Waals surface area contributed by atoms with E-state index in [1.807, 2.05) is 6.07 Å². The molecule has 0 bridgehead atoms. The van der Waals surface area contributed by atoms with E-state index in [1.54, 1.807) is 37.2 Å². The minimum absolute atomic E-state index is 0. The van der Waals surface area contributed by atoms with E-state index in [2.05, 4.69) is 9.97 Å². The Morgan fingerprint density at radius 2 is 1.61 bits per heavy atom. The van der Waals surface area contributed by atoms with Crippen LogP contribution in [0, 0.1) is 6.07 Å². The van der Waals surface area contributed by atoms with Gasteiger partial charge in [0.05, 0.1) is 0 Å². The van der Waals surface area contributed by atoms with Crippen LogP contribution in [0.3, 0.4) is 0 Å². The van der Waals surface area contributed by atoms with E-state index >= 15 is 0 Å². The van der Waals surface area contributed by atoms with Gasteiger partial charge in [-0.3, -0.25) is 0 Å². The Hall–Kier alpha value is -2.94. The zero-order valence-corrected chi connectivity index (χ0v) is 19.2. The molecule has 0 radical (unpaired) electrons. The molecule has 0 aliphatic carbocycles. The van der Waals surface area contributed by atoms with Gasteiger partial charge in [-0.25, -0.2) is 9.78 Å². The fourth-order valence-corrected chi connectivity index (χ4v) is 2.36. The van der Waals surface area contributed by atoms with Crippen molar-refractivity contribution in [2.75, 3.05) is 19.0 Å². The van der Waals surface area contributed by atoms with Crippen LogP contribution in [0.25, 0.3) is 11.3 Å². The Bertz CT molecular complexity index is 1040. The van der Waals surface area contributed by atoms with Gasteiger partial charge in [0.15, 0.2) is 0 Å². The second-order valence-electron chi connectivity index (χ2n) is 6.51. The maximum Gasteiger partial charge on any atom is 0.399 e. The Morgan fingerprint density at radius 3 is 2.06 bits per heavy atom. The van der Waals surface area contributed by atoms with Gasteiger partial charge in [-0.15, -0.1) is 23.8 Å². The van der Waals surface area contributed by atoms with Crippen molar-refractivity contribution >= 4 is 11.7 Å². The predicted molar refractivity (Wildman–Crippen MR) is 104 cm³/mol. The molecule has 0 saturated heterocycles. The van der Waals surface area contributed by atoms with Crippen molar-refractivity contribution in [2.24, 2.45) is 0 Å². The van der Waals surface area contributed by atoms with E-state index in [1.165, 1.54) is 24.5 Å². The standard InChI is InChI=1S/C15H11F6N2.C6H5NO2.Pt/c1-23(2)12-3-4-22-13(8-12)9-5-10(14(16,17)18)7-11(6-9)15(19,20)21;8-6(9)5-3-1-2-4-7-5;/h3-5,7-8H,1-2H3;1-4H,(H,8,9);/q-1;;. The average molecular weight is 651 g/mol. The minimum Gasteiger partial charge on any atom is -0.477 e. The Kier molecular flexibility index (Phi) is 9.59. The molecule has 0 fully saturated rings. The summed E-state index contributed by atoms with van der Waals surface area (Å²) in [6.45, 7) is 0. The number of nitrogens with zero attached hydrogens (tertiary/aromatic N) is 3. The second-order valence-corrected chi connectivity index (χ2v) is 6.51. The normalized spacial score (nSPS) is 11.0. The summed E-state index contributed by atoms with van der Waals surface area (Å²) in [7, 11) is 3.38. The maximum atomic E-state index is 12.8. The quantitative estimate of drug-likeness (QED) is 0.303. The number of carboxylic acid groups (broad SMARTS) is 1. The van der Waals surface area contributed by atoms with Crippen molar-refractivity contribution in [2.45, 2.75) is 12.4 Å². The van der Waals surface area contributed by atoms with Crippen LogP contribution < -0.4 is 4.90 Å². The van der Waals surface area contributed by atoms with Crippen LogP contribution in [0.5, 0.6) is 0 Å². The molecule has 0 saturated carbocycles. The van der Waals surface area contributed by atoms with Gasteiger partial charge in [-0.05, 0) is 35.0 Å². The van der Waals surface area contributed by atoms with Gasteiger partial charge < -0.3 is 15.0 Å². The molecule has 0 atom stereocenters. The molecule has 0 aliphatic heterocycles. The van der Waals surface area contributed by atoms with Crippen LogP contribution in [0.2, 0.25) is 0 Å². The molecule has 1 N–H and O–H groups in total. The summed E-state index contributed by atoms with van der Waals surface area (Å²) in [5.41, 5.74) is -2.59. The van der Waals surface area contributed by atoms with Gasteiger partial charge in [-0.2, -0.15) is 26.3 Å². The number of anilines is 1. The summed E-state index contributed by atoms with van der Waals surface area (Å²) < 4.78 is 77.0. The van der Waals surface area contributed by atoms with Crippen LogP contribution in [0.1, 0.15) is 21.6 Å². The number of carboxylic acids is 1. The molecule has 3 rings (SSSR count). The zero-order chi connectivity index (χ0) is 24.1. The molecule has 3 aromatic rings. The molecule has 0 unspecified atom stereocenters. The van der Waals surface area contributed by atoms with Crippen LogP contribution in [0.15, 0.2) is 54.9 Å². The summed E-state index contributed by atoms with van der Waals surface area (Å²) in [5.74, 6) is -0.990. The van der Waals surface area contributed by atoms with Crippen molar-refractivity contribution in [3.63, 3.8) is 0 Å². The second kappa shape index (κ2) is 11.3. The van der Waals surface area contributed by atoms with E-state index in [-0.39, 0.29) is 44.1 Å². The largest absolute Gasteiger partial charge is 0.477 e. The van der Waals surface area contributed by atoms with Crippen LogP contribution in [-0.2, 0) is 33.4 Å². The topological polar surface area (TPSA) is 66.3 Å². The van der Waals surface area contributed by atoms with Crippen molar-refractivity contribution in [1.29, 1.82) is 0 Å². The number of aromatic nitrogens is 2. The first-order valence-electron chi connectivity index (χ1n) is 8.79. The number of rotatable bonds is 3. The van der Waals surface area contributed by atoms with Crippen LogP contribution >= 0.6 is 0 Å². The van der Waals surface area contributed by atoms with Gasteiger partial charge >= 0.3 is 18.3 Å². The molecule has 0 spiro atoms. The van der Waals surface area contributed by atoms with Gasteiger partial charge in [0.2, 0.25) is 0 Å². The van der Waals surface area contributed by atoms with Gasteiger partial charge in [-0.1, -0.05) is 12.1 Å². The summed E-state index contributed by atoms with van der Waals surface area (Å²) in [5, 5.41) is 8.32. The van der Waals surface area contributed by atoms with Crippen LogP contribution in [0.4, 0.5) is 32.0 Å². The van der Waals surface area contributed by atoms with Gasteiger partial charge in [0.25, 0.3) is 0 Å². The van der Waals surface area contributed by atoms with Crippen LogP contribution in [-0.4, -0.2) is 35.1 Å². The van der Waals surface area contributed by atoms with Crippen molar-refractivity contribution in [1.82, 2.24) is 9.97 Å². The van der Waals surface area contributed by atoms with E-state index in [0.29, 0.717) is 11.8 Å². The predicted octanol–water partition coefficient (Wildman–Crippen LogP) is 5.43. The first-order valence-corrected chi connectivity index (χ1v) is 8.79. The molecule has 2 aromatic heterocycles. The zero-order valence-electron chi connectivity index (χ0n) is 17.0. The number of pyridine rings is 2. The number of carbonyl (C=O) groups is 1. The average Bonchev–Trinajstić information content (AvgIpc) is 2.73. The fourth-order valence-electron chi connectivity index (χ4n) is 2.36. The Labute approximate surface area is 199 Å². The monoisotopic (exact) mass is 651 g/mol.